The van der Waals surface area contributed by atoms with Gasteiger partial charge >= 0.3 is 11.9 Å². The Balaban J connectivity index is 1.87. The second-order valence-corrected chi connectivity index (χ2v) is 8.34. The number of aromatic nitrogens is 1. The van der Waals surface area contributed by atoms with Crippen molar-refractivity contribution in [3.8, 4) is 0 Å². The van der Waals surface area contributed by atoms with Gasteiger partial charge in [0.2, 0.25) is 0 Å². The van der Waals surface area contributed by atoms with E-state index in [-0.39, 0.29) is 12.2 Å². The van der Waals surface area contributed by atoms with Crippen LogP contribution in [-0.4, -0.2) is 30.2 Å². The summed E-state index contributed by atoms with van der Waals surface area (Å²) >= 11 is 1.25. The third kappa shape index (κ3) is 4.29. The van der Waals surface area contributed by atoms with Crippen LogP contribution in [0.25, 0.3) is 6.08 Å². The number of benzene rings is 2. The van der Waals surface area contributed by atoms with Crippen molar-refractivity contribution in [3.63, 3.8) is 0 Å². The number of hydrogen-bond donors (Lipinski definition) is 0. The lowest BCUT2D eigenvalue weighted by atomic mass is 9.96. The summed E-state index contributed by atoms with van der Waals surface area (Å²) in [5, 5.41) is 0. The number of ether oxygens (including phenoxy) is 2. The maximum atomic E-state index is 13.5. The zero-order chi connectivity index (χ0) is 23.5. The number of nitrogens with zero attached hydrogens (tertiary/aromatic N) is 2. The predicted octanol–water partition coefficient (Wildman–Crippen LogP) is 2.58. The minimum absolute atomic E-state index is 0.225. The fourth-order valence-electron chi connectivity index (χ4n) is 3.73. The Morgan fingerprint density at radius 1 is 1.09 bits per heavy atom. The number of carbonyl (C=O) groups is 2. The summed E-state index contributed by atoms with van der Waals surface area (Å²) in [5.74, 6) is -0.911. The lowest BCUT2D eigenvalue weighted by Gasteiger charge is -2.24. The number of allylic oxidation sites excluding steroid dienone is 1. The maximum absolute atomic E-state index is 13.5. The van der Waals surface area contributed by atoms with Crippen LogP contribution < -0.4 is 14.9 Å². The van der Waals surface area contributed by atoms with Crippen LogP contribution in [0, 0.1) is 0 Å². The van der Waals surface area contributed by atoms with Gasteiger partial charge in [-0.3, -0.25) is 9.36 Å². The highest BCUT2D eigenvalue weighted by atomic mass is 32.1. The van der Waals surface area contributed by atoms with E-state index in [1.807, 2.05) is 30.3 Å². The molecule has 3 aromatic rings. The molecule has 0 radical (unpaired) electrons. The van der Waals surface area contributed by atoms with Gasteiger partial charge in [0.05, 0.1) is 41.1 Å². The largest absolute Gasteiger partial charge is 0.465 e. The van der Waals surface area contributed by atoms with Crippen LogP contribution in [0.1, 0.15) is 41.4 Å². The Bertz CT molecular complexity index is 1420. The molecule has 1 aliphatic rings. The SMILES string of the molecule is CCOC(=O)C1=C(C)N=c2s/c(=C\c3ccc(C(=O)OC)cc3)c(=O)n2[C@H]1c1ccccc1. The van der Waals surface area contributed by atoms with Crippen molar-refractivity contribution in [3.05, 3.63) is 102 Å². The van der Waals surface area contributed by atoms with Crippen LogP contribution in [0.5, 0.6) is 0 Å². The molecule has 2 heterocycles. The normalized spacial score (nSPS) is 15.6. The van der Waals surface area contributed by atoms with E-state index in [0.29, 0.717) is 26.2 Å². The minimum Gasteiger partial charge on any atom is -0.465 e. The lowest BCUT2D eigenvalue weighted by Crippen LogP contribution is -2.39. The van der Waals surface area contributed by atoms with Gasteiger partial charge in [0.25, 0.3) is 5.56 Å². The molecule has 1 aliphatic heterocycles. The highest BCUT2D eigenvalue weighted by molar-refractivity contribution is 7.07. The van der Waals surface area contributed by atoms with E-state index in [0.717, 1.165) is 11.1 Å². The van der Waals surface area contributed by atoms with Gasteiger partial charge < -0.3 is 9.47 Å². The van der Waals surface area contributed by atoms with E-state index < -0.39 is 18.0 Å². The summed E-state index contributed by atoms with van der Waals surface area (Å²) in [5.41, 5.74) is 2.60. The highest BCUT2D eigenvalue weighted by Crippen LogP contribution is 2.30. The molecule has 1 atom stereocenters. The molecular formula is C25H22N2O5S. The highest BCUT2D eigenvalue weighted by Gasteiger charge is 2.33. The average molecular weight is 463 g/mol. The Labute approximate surface area is 193 Å². The van der Waals surface area contributed by atoms with Gasteiger partial charge in [0.1, 0.15) is 0 Å². The van der Waals surface area contributed by atoms with Crippen LogP contribution in [0.2, 0.25) is 0 Å². The molecule has 8 heteroatoms. The summed E-state index contributed by atoms with van der Waals surface area (Å²) in [6.07, 6.45) is 1.75. The van der Waals surface area contributed by atoms with Gasteiger partial charge in [0, 0.05) is 0 Å². The fourth-order valence-corrected chi connectivity index (χ4v) is 4.77. The monoisotopic (exact) mass is 462 g/mol. The first-order valence-corrected chi connectivity index (χ1v) is 11.2. The Morgan fingerprint density at radius 3 is 2.42 bits per heavy atom. The molecule has 0 saturated heterocycles. The first kappa shape index (κ1) is 22.4. The molecular weight excluding hydrogens is 440 g/mol. The summed E-state index contributed by atoms with van der Waals surface area (Å²) in [7, 11) is 1.33. The Kier molecular flexibility index (Phi) is 6.37. The van der Waals surface area contributed by atoms with Gasteiger partial charge in [-0.25, -0.2) is 14.6 Å². The lowest BCUT2D eigenvalue weighted by molar-refractivity contribution is -0.139. The molecule has 168 valence electrons. The quantitative estimate of drug-likeness (QED) is 0.544. The van der Waals surface area contributed by atoms with Crippen molar-refractivity contribution in [2.24, 2.45) is 4.99 Å². The molecule has 33 heavy (non-hydrogen) atoms. The molecule has 0 saturated carbocycles. The van der Waals surface area contributed by atoms with Crippen molar-refractivity contribution >= 4 is 29.4 Å². The summed E-state index contributed by atoms with van der Waals surface area (Å²) < 4.78 is 12.0. The van der Waals surface area contributed by atoms with Crippen molar-refractivity contribution in [2.75, 3.05) is 13.7 Å². The average Bonchev–Trinajstić information content (AvgIpc) is 3.13. The van der Waals surface area contributed by atoms with E-state index in [1.54, 1.807) is 48.8 Å². The number of esters is 2. The fraction of sp³-hybridized carbons (Fsp3) is 0.200. The smallest absolute Gasteiger partial charge is 0.338 e. The Morgan fingerprint density at radius 2 is 1.79 bits per heavy atom. The van der Waals surface area contributed by atoms with Crippen LogP contribution in [-0.2, 0) is 14.3 Å². The van der Waals surface area contributed by atoms with Crippen molar-refractivity contribution < 1.29 is 19.1 Å². The zero-order valence-electron chi connectivity index (χ0n) is 18.4. The molecule has 0 amide bonds. The van der Waals surface area contributed by atoms with Crippen LogP contribution >= 0.6 is 11.3 Å². The van der Waals surface area contributed by atoms with Gasteiger partial charge in [-0.2, -0.15) is 0 Å². The third-order valence-electron chi connectivity index (χ3n) is 5.26. The molecule has 0 aliphatic carbocycles. The number of thiazole rings is 1. The van der Waals surface area contributed by atoms with Crippen LogP contribution in [0.15, 0.2) is 75.7 Å². The molecule has 0 fully saturated rings. The van der Waals surface area contributed by atoms with Crippen LogP contribution in [0.3, 0.4) is 0 Å². The van der Waals surface area contributed by atoms with Gasteiger partial charge in [-0.05, 0) is 43.2 Å². The summed E-state index contributed by atoms with van der Waals surface area (Å²) in [4.78, 5) is 43.0. The molecule has 0 N–H and O–H groups in total. The van der Waals surface area contributed by atoms with E-state index in [4.69, 9.17) is 9.47 Å². The van der Waals surface area contributed by atoms with E-state index in [9.17, 15) is 14.4 Å². The predicted molar refractivity (Wildman–Crippen MR) is 125 cm³/mol. The van der Waals surface area contributed by atoms with Gasteiger partial charge in [-0.15, -0.1) is 0 Å². The molecule has 4 rings (SSSR count). The standard InChI is InChI=1S/C25H22N2O5S/c1-4-32-24(30)20-15(2)26-25-27(21(20)17-8-6-5-7-9-17)22(28)19(33-25)14-16-10-12-18(13-11-16)23(29)31-3/h5-14,21H,4H2,1-3H3/b19-14-/t21-/m0/s1. The first-order valence-electron chi connectivity index (χ1n) is 10.4. The van der Waals surface area contributed by atoms with E-state index in [2.05, 4.69) is 4.99 Å². The number of carbonyl (C=O) groups excluding carboxylic acids is 2. The number of hydrogen-bond acceptors (Lipinski definition) is 7. The van der Waals surface area contributed by atoms with Crippen molar-refractivity contribution in [2.45, 2.75) is 19.9 Å². The summed E-state index contributed by atoms with van der Waals surface area (Å²) in [6.45, 7) is 3.72. The molecule has 0 spiro atoms. The molecule has 2 aromatic carbocycles. The Hall–Kier alpha value is -3.78. The van der Waals surface area contributed by atoms with Crippen molar-refractivity contribution in [1.82, 2.24) is 4.57 Å². The van der Waals surface area contributed by atoms with Crippen molar-refractivity contribution in [1.29, 1.82) is 0 Å². The second-order valence-electron chi connectivity index (χ2n) is 7.33. The summed E-state index contributed by atoms with van der Waals surface area (Å²) in [6, 6.07) is 15.5. The molecule has 7 nitrogen and oxygen atoms in total. The number of fused-ring (bicyclic) bond motifs is 1. The maximum Gasteiger partial charge on any atom is 0.338 e. The number of rotatable bonds is 5. The minimum atomic E-state index is -0.634. The van der Waals surface area contributed by atoms with Gasteiger partial charge in [0.15, 0.2) is 4.80 Å². The third-order valence-corrected chi connectivity index (χ3v) is 6.24. The van der Waals surface area contributed by atoms with Crippen LogP contribution in [0.4, 0.5) is 0 Å². The second kappa shape index (κ2) is 9.38. The first-order chi connectivity index (χ1) is 15.9. The topological polar surface area (TPSA) is 87.0 Å². The molecule has 0 unspecified atom stereocenters. The van der Waals surface area contributed by atoms with E-state index >= 15 is 0 Å². The molecule has 0 bridgehead atoms. The molecule has 1 aromatic heterocycles. The number of methoxy groups -OCH3 is 1. The van der Waals surface area contributed by atoms with Gasteiger partial charge in [-0.1, -0.05) is 53.8 Å². The zero-order valence-corrected chi connectivity index (χ0v) is 19.2. The van der Waals surface area contributed by atoms with E-state index in [1.165, 1.54) is 18.4 Å².